The van der Waals surface area contributed by atoms with Crippen LogP contribution in [0.25, 0.3) is 0 Å². The number of hydrogen-bond donors (Lipinski definition) is 2. The van der Waals surface area contributed by atoms with Gasteiger partial charge in [-0.1, -0.05) is 13.8 Å². The average Bonchev–Trinajstić information content (AvgIpc) is 2.20. The molecule has 1 atom stereocenters. The summed E-state index contributed by atoms with van der Waals surface area (Å²) in [4.78, 5) is 11.6. The Balaban J connectivity index is 2.77. The Morgan fingerprint density at radius 1 is 1.53 bits per heavy atom. The van der Waals surface area contributed by atoms with Crippen molar-refractivity contribution in [2.45, 2.75) is 27.2 Å². The molecule has 0 aliphatic rings. The van der Waals surface area contributed by atoms with Crippen LogP contribution in [0.15, 0.2) is 18.2 Å². The molecule has 0 saturated heterocycles. The van der Waals surface area contributed by atoms with E-state index in [4.69, 9.17) is 0 Å². The number of hydrogen-bond acceptors (Lipinski definition) is 2. The molecule has 0 aliphatic carbocycles. The van der Waals surface area contributed by atoms with Crippen molar-refractivity contribution in [1.29, 1.82) is 0 Å². The first kappa shape index (κ1) is 11.6. The highest BCUT2D eigenvalue weighted by atomic mass is 16.3. The standard InChI is InChI=1S/C12H17NO2/c1-4-8(2)12(15)13-11-6-5-10(14)7-9(11)3/h5-8,14H,4H2,1-3H3,(H,13,15). The van der Waals surface area contributed by atoms with E-state index in [9.17, 15) is 9.90 Å². The molecule has 15 heavy (non-hydrogen) atoms. The summed E-state index contributed by atoms with van der Waals surface area (Å²) in [7, 11) is 0. The highest BCUT2D eigenvalue weighted by Crippen LogP contribution is 2.20. The van der Waals surface area contributed by atoms with Gasteiger partial charge in [0.2, 0.25) is 5.91 Å². The molecule has 1 rings (SSSR count). The lowest BCUT2D eigenvalue weighted by molar-refractivity contribution is -0.119. The predicted octanol–water partition coefficient (Wildman–Crippen LogP) is 2.69. The number of phenols is 1. The maximum absolute atomic E-state index is 11.6. The van der Waals surface area contributed by atoms with Crippen LogP contribution in [-0.4, -0.2) is 11.0 Å². The first-order valence-electron chi connectivity index (χ1n) is 5.15. The molecular formula is C12H17NO2. The Morgan fingerprint density at radius 2 is 2.20 bits per heavy atom. The van der Waals surface area contributed by atoms with Gasteiger partial charge in [0.15, 0.2) is 0 Å². The molecule has 82 valence electrons. The van der Waals surface area contributed by atoms with E-state index in [0.717, 1.165) is 17.7 Å². The highest BCUT2D eigenvalue weighted by molar-refractivity contribution is 5.93. The van der Waals surface area contributed by atoms with Gasteiger partial charge in [-0.2, -0.15) is 0 Å². The van der Waals surface area contributed by atoms with Crippen LogP contribution in [0, 0.1) is 12.8 Å². The number of aromatic hydroxyl groups is 1. The summed E-state index contributed by atoms with van der Waals surface area (Å²) < 4.78 is 0. The number of aryl methyl sites for hydroxylation is 1. The molecule has 0 heterocycles. The highest BCUT2D eigenvalue weighted by Gasteiger charge is 2.11. The van der Waals surface area contributed by atoms with Crippen LogP contribution in [0.5, 0.6) is 5.75 Å². The molecule has 3 heteroatoms. The summed E-state index contributed by atoms with van der Waals surface area (Å²) in [6.45, 7) is 5.73. The number of nitrogens with one attached hydrogen (secondary N) is 1. The van der Waals surface area contributed by atoms with Crippen molar-refractivity contribution >= 4 is 11.6 Å². The van der Waals surface area contributed by atoms with Gasteiger partial charge in [0.25, 0.3) is 0 Å². The van der Waals surface area contributed by atoms with Crippen molar-refractivity contribution in [3.8, 4) is 5.75 Å². The van der Waals surface area contributed by atoms with Gasteiger partial charge in [-0.3, -0.25) is 4.79 Å². The zero-order valence-corrected chi connectivity index (χ0v) is 9.37. The Kier molecular flexibility index (Phi) is 3.72. The summed E-state index contributed by atoms with van der Waals surface area (Å²) in [5, 5.41) is 12.1. The van der Waals surface area contributed by atoms with Crippen LogP contribution in [-0.2, 0) is 4.79 Å². The van der Waals surface area contributed by atoms with Crippen LogP contribution in [0.4, 0.5) is 5.69 Å². The predicted molar refractivity (Wildman–Crippen MR) is 60.9 cm³/mol. The lowest BCUT2D eigenvalue weighted by atomic mass is 10.1. The molecule has 1 unspecified atom stereocenters. The molecule has 0 fully saturated rings. The zero-order valence-electron chi connectivity index (χ0n) is 9.37. The molecule has 0 radical (unpaired) electrons. The fourth-order valence-electron chi connectivity index (χ4n) is 1.23. The molecule has 0 aromatic heterocycles. The van der Waals surface area contributed by atoms with Crippen LogP contribution in [0.2, 0.25) is 0 Å². The molecular weight excluding hydrogens is 190 g/mol. The van der Waals surface area contributed by atoms with E-state index in [1.165, 1.54) is 0 Å². The Hall–Kier alpha value is -1.51. The molecule has 0 bridgehead atoms. The van der Waals surface area contributed by atoms with E-state index in [-0.39, 0.29) is 17.6 Å². The number of anilines is 1. The molecule has 0 saturated carbocycles. The molecule has 0 aliphatic heterocycles. The third-order valence-corrected chi connectivity index (χ3v) is 2.53. The minimum Gasteiger partial charge on any atom is -0.508 e. The topological polar surface area (TPSA) is 49.3 Å². The van der Waals surface area contributed by atoms with Gasteiger partial charge in [0.1, 0.15) is 5.75 Å². The minimum absolute atomic E-state index is 0.0122. The number of phenolic OH excluding ortho intramolecular Hbond substituents is 1. The third kappa shape index (κ3) is 2.98. The van der Waals surface area contributed by atoms with E-state index >= 15 is 0 Å². The van der Waals surface area contributed by atoms with Gasteiger partial charge >= 0.3 is 0 Å². The van der Waals surface area contributed by atoms with Crippen molar-refractivity contribution < 1.29 is 9.90 Å². The van der Waals surface area contributed by atoms with E-state index in [1.807, 2.05) is 20.8 Å². The van der Waals surface area contributed by atoms with E-state index in [0.29, 0.717) is 0 Å². The van der Waals surface area contributed by atoms with Gasteiger partial charge < -0.3 is 10.4 Å². The summed E-state index contributed by atoms with van der Waals surface area (Å²) >= 11 is 0. The van der Waals surface area contributed by atoms with E-state index < -0.39 is 0 Å². The van der Waals surface area contributed by atoms with Crippen molar-refractivity contribution in [1.82, 2.24) is 0 Å². The average molecular weight is 207 g/mol. The summed E-state index contributed by atoms with van der Waals surface area (Å²) in [6.07, 6.45) is 0.822. The molecule has 3 nitrogen and oxygen atoms in total. The lowest BCUT2D eigenvalue weighted by Crippen LogP contribution is -2.20. The number of carbonyl (C=O) groups is 1. The van der Waals surface area contributed by atoms with Crippen LogP contribution in [0.1, 0.15) is 25.8 Å². The van der Waals surface area contributed by atoms with E-state index in [1.54, 1.807) is 18.2 Å². The maximum atomic E-state index is 11.6. The Morgan fingerprint density at radius 3 is 2.73 bits per heavy atom. The van der Waals surface area contributed by atoms with Crippen LogP contribution in [0.3, 0.4) is 0 Å². The van der Waals surface area contributed by atoms with Crippen molar-refractivity contribution in [3.63, 3.8) is 0 Å². The second-order valence-corrected chi connectivity index (χ2v) is 3.80. The molecule has 0 spiro atoms. The van der Waals surface area contributed by atoms with E-state index in [2.05, 4.69) is 5.32 Å². The largest absolute Gasteiger partial charge is 0.508 e. The van der Waals surface area contributed by atoms with Gasteiger partial charge in [-0.15, -0.1) is 0 Å². The first-order valence-corrected chi connectivity index (χ1v) is 5.15. The number of amides is 1. The number of carbonyl (C=O) groups excluding carboxylic acids is 1. The smallest absolute Gasteiger partial charge is 0.227 e. The third-order valence-electron chi connectivity index (χ3n) is 2.53. The van der Waals surface area contributed by atoms with Crippen molar-refractivity contribution in [3.05, 3.63) is 23.8 Å². The Bertz CT molecular complexity index is 361. The fourth-order valence-corrected chi connectivity index (χ4v) is 1.23. The normalized spacial score (nSPS) is 12.2. The second-order valence-electron chi connectivity index (χ2n) is 3.80. The minimum atomic E-state index is 0.0122. The zero-order chi connectivity index (χ0) is 11.4. The van der Waals surface area contributed by atoms with Crippen molar-refractivity contribution in [2.75, 3.05) is 5.32 Å². The number of rotatable bonds is 3. The summed E-state index contributed by atoms with van der Waals surface area (Å²) in [6, 6.07) is 4.91. The monoisotopic (exact) mass is 207 g/mol. The van der Waals surface area contributed by atoms with Crippen LogP contribution >= 0.6 is 0 Å². The van der Waals surface area contributed by atoms with Crippen LogP contribution < -0.4 is 5.32 Å². The first-order chi connectivity index (χ1) is 7.04. The summed E-state index contributed by atoms with van der Waals surface area (Å²) in [5.74, 6) is 0.249. The quantitative estimate of drug-likeness (QED) is 0.749. The Labute approximate surface area is 90.1 Å². The van der Waals surface area contributed by atoms with Gasteiger partial charge in [0, 0.05) is 11.6 Å². The molecule has 1 aromatic rings. The summed E-state index contributed by atoms with van der Waals surface area (Å²) in [5.41, 5.74) is 1.63. The second kappa shape index (κ2) is 4.82. The molecule has 1 aromatic carbocycles. The fraction of sp³-hybridized carbons (Fsp3) is 0.417. The van der Waals surface area contributed by atoms with Gasteiger partial charge in [-0.05, 0) is 37.1 Å². The maximum Gasteiger partial charge on any atom is 0.227 e. The molecule has 2 N–H and O–H groups in total. The molecule has 1 amide bonds. The van der Waals surface area contributed by atoms with Gasteiger partial charge in [0.05, 0.1) is 0 Å². The number of benzene rings is 1. The lowest BCUT2D eigenvalue weighted by Gasteiger charge is -2.12. The SMILES string of the molecule is CCC(C)C(=O)Nc1ccc(O)cc1C. The van der Waals surface area contributed by atoms with Crippen molar-refractivity contribution in [2.24, 2.45) is 5.92 Å². The van der Waals surface area contributed by atoms with Gasteiger partial charge in [-0.25, -0.2) is 0 Å².